The molecule has 9 heteroatoms. The Morgan fingerprint density at radius 3 is 2.77 bits per heavy atom. The Morgan fingerprint density at radius 2 is 2.18 bits per heavy atom. The molecule has 0 amide bonds. The monoisotopic (exact) mass is 329 g/mol. The summed E-state index contributed by atoms with van der Waals surface area (Å²) < 4.78 is 35.9. The van der Waals surface area contributed by atoms with Gasteiger partial charge in [0, 0.05) is 19.9 Å². The van der Waals surface area contributed by atoms with Crippen molar-refractivity contribution >= 4 is 21.9 Å². The average molecular weight is 329 g/mol. The van der Waals surface area contributed by atoms with E-state index in [1.807, 2.05) is 0 Å². The zero-order valence-electron chi connectivity index (χ0n) is 12.5. The van der Waals surface area contributed by atoms with Gasteiger partial charge in [-0.05, 0) is 25.3 Å². The third-order valence-corrected chi connectivity index (χ3v) is 5.14. The minimum Gasteiger partial charge on any atom is -0.469 e. The molecule has 0 spiro atoms. The van der Waals surface area contributed by atoms with E-state index in [1.165, 1.54) is 20.4 Å². The van der Waals surface area contributed by atoms with E-state index >= 15 is 0 Å². The molecule has 2 rings (SSSR count). The lowest BCUT2D eigenvalue weighted by Crippen LogP contribution is -2.21. The van der Waals surface area contributed by atoms with E-state index in [0.29, 0.717) is 31.6 Å². The van der Waals surface area contributed by atoms with Gasteiger partial charge in [-0.25, -0.2) is 18.4 Å². The van der Waals surface area contributed by atoms with Crippen LogP contribution in [0.3, 0.4) is 0 Å². The van der Waals surface area contributed by atoms with Crippen LogP contribution in [0.5, 0.6) is 0 Å². The maximum Gasteiger partial charge on any atom is 0.314 e. The van der Waals surface area contributed by atoms with Crippen LogP contribution in [0.25, 0.3) is 0 Å². The Labute approximate surface area is 129 Å². The van der Waals surface area contributed by atoms with Crippen LogP contribution >= 0.6 is 0 Å². The Hall–Kier alpha value is -1.74. The van der Waals surface area contributed by atoms with Crippen molar-refractivity contribution in [3.8, 4) is 0 Å². The van der Waals surface area contributed by atoms with Gasteiger partial charge in [0.15, 0.2) is 0 Å². The minimum absolute atomic E-state index is 0.0317. The van der Waals surface area contributed by atoms with Crippen LogP contribution in [0.1, 0.15) is 30.9 Å². The van der Waals surface area contributed by atoms with Crippen molar-refractivity contribution in [3.05, 3.63) is 18.0 Å². The molecule has 0 bridgehead atoms. The zero-order chi connectivity index (χ0) is 16.2. The van der Waals surface area contributed by atoms with Crippen molar-refractivity contribution in [2.45, 2.75) is 30.4 Å². The molecule has 1 aliphatic carbocycles. The number of nitrogens with zero attached hydrogens (tertiary/aromatic N) is 2. The molecule has 122 valence electrons. The number of carbonyl (C=O) groups is 1. The molecule has 0 radical (unpaired) electrons. The Balaban J connectivity index is 2.19. The normalized spacial score (nSPS) is 16.1. The standard InChI is InChI=1S/C13H19N3O5S/c1-20-8-6-10(12(17)21-2)11-5-7-14-13(15-11)16-22(18,19)9-3-4-9/h5,7,9-10H,3-4,6,8H2,1-2H3,(H,14,15,16). The topological polar surface area (TPSA) is 107 Å². The maximum atomic E-state index is 11.9. The number of sulfonamides is 1. The van der Waals surface area contributed by atoms with Gasteiger partial charge in [0.25, 0.3) is 0 Å². The number of hydrogen-bond acceptors (Lipinski definition) is 7. The summed E-state index contributed by atoms with van der Waals surface area (Å²) >= 11 is 0. The highest BCUT2D eigenvalue weighted by molar-refractivity contribution is 7.93. The quantitative estimate of drug-likeness (QED) is 0.698. The van der Waals surface area contributed by atoms with Gasteiger partial charge in [-0.2, -0.15) is 0 Å². The first-order valence-electron chi connectivity index (χ1n) is 6.89. The van der Waals surface area contributed by atoms with E-state index in [1.54, 1.807) is 6.07 Å². The van der Waals surface area contributed by atoms with Crippen molar-refractivity contribution in [1.82, 2.24) is 9.97 Å². The van der Waals surface area contributed by atoms with Crippen LogP contribution in [0.2, 0.25) is 0 Å². The molecular formula is C13H19N3O5S. The lowest BCUT2D eigenvalue weighted by molar-refractivity contribution is -0.143. The second kappa shape index (κ2) is 7.01. The van der Waals surface area contributed by atoms with E-state index in [4.69, 9.17) is 9.47 Å². The van der Waals surface area contributed by atoms with Crippen molar-refractivity contribution in [2.75, 3.05) is 25.5 Å². The number of esters is 1. The highest BCUT2D eigenvalue weighted by Gasteiger charge is 2.36. The smallest absolute Gasteiger partial charge is 0.314 e. The molecule has 1 saturated carbocycles. The Kier molecular flexibility index (Phi) is 5.30. The fourth-order valence-electron chi connectivity index (χ4n) is 1.97. The van der Waals surface area contributed by atoms with Crippen molar-refractivity contribution in [1.29, 1.82) is 0 Å². The number of methoxy groups -OCH3 is 2. The lowest BCUT2D eigenvalue weighted by atomic mass is 10.0. The van der Waals surface area contributed by atoms with Gasteiger partial charge in [0.05, 0.1) is 18.1 Å². The highest BCUT2D eigenvalue weighted by atomic mass is 32.2. The Bertz CT molecular complexity index is 630. The van der Waals surface area contributed by atoms with Crippen molar-refractivity contribution in [2.24, 2.45) is 0 Å². The van der Waals surface area contributed by atoms with E-state index in [2.05, 4.69) is 14.7 Å². The zero-order valence-corrected chi connectivity index (χ0v) is 13.3. The second-order valence-electron chi connectivity index (χ2n) is 5.01. The number of rotatable bonds is 8. The summed E-state index contributed by atoms with van der Waals surface area (Å²) in [6.45, 7) is 0.354. The molecule has 0 saturated heterocycles. The maximum absolute atomic E-state index is 11.9. The molecule has 1 aromatic rings. The molecule has 1 N–H and O–H groups in total. The van der Waals surface area contributed by atoms with Gasteiger partial charge >= 0.3 is 5.97 Å². The highest BCUT2D eigenvalue weighted by Crippen LogP contribution is 2.29. The molecule has 1 atom stereocenters. The van der Waals surface area contributed by atoms with E-state index < -0.39 is 21.9 Å². The summed E-state index contributed by atoms with van der Waals surface area (Å²) in [7, 11) is -0.618. The summed E-state index contributed by atoms with van der Waals surface area (Å²) in [5.41, 5.74) is 0.396. The molecule has 1 unspecified atom stereocenters. The summed E-state index contributed by atoms with van der Waals surface area (Å²) in [5, 5.41) is -0.371. The molecule has 0 aromatic carbocycles. The lowest BCUT2D eigenvalue weighted by Gasteiger charge is -2.14. The third kappa shape index (κ3) is 4.14. The largest absolute Gasteiger partial charge is 0.469 e. The molecule has 1 fully saturated rings. The number of hydrogen-bond donors (Lipinski definition) is 1. The van der Waals surface area contributed by atoms with Gasteiger partial charge in [0.1, 0.15) is 5.92 Å². The van der Waals surface area contributed by atoms with Crippen LogP contribution in [-0.4, -0.2) is 50.4 Å². The Morgan fingerprint density at radius 1 is 1.45 bits per heavy atom. The molecule has 1 heterocycles. The van der Waals surface area contributed by atoms with Gasteiger partial charge in [-0.1, -0.05) is 0 Å². The first-order valence-corrected chi connectivity index (χ1v) is 8.44. The number of anilines is 1. The SMILES string of the molecule is COCCC(C(=O)OC)c1ccnc(NS(=O)(=O)C2CC2)n1. The van der Waals surface area contributed by atoms with E-state index in [9.17, 15) is 13.2 Å². The summed E-state index contributed by atoms with van der Waals surface area (Å²) in [6.07, 6.45) is 3.09. The predicted molar refractivity (Wildman–Crippen MR) is 78.8 cm³/mol. The molecule has 1 aromatic heterocycles. The fraction of sp³-hybridized carbons (Fsp3) is 0.615. The van der Waals surface area contributed by atoms with Gasteiger partial charge < -0.3 is 9.47 Å². The van der Waals surface area contributed by atoms with Gasteiger partial charge in [-0.15, -0.1) is 0 Å². The third-order valence-electron chi connectivity index (χ3n) is 3.33. The van der Waals surface area contributed by atoms with E-state index in [-0.39, 0.29) is 11.2 Å². The molecule has 22 heavy (non-hydrogen) atoms. The second-order valence-corrected chi connectivity index (χ2v) is 6.97. The van der Waals surface area contributed by atoms with Crippen LogP contribution in [0.15, 0.2) is 12.3 Å². The average Bonchev–Trinajstić information content (AvgIpc) is 3.32. The van der Waals surface area contributed by atoms with Crippen molar-refractivity contribution in [3.63, 3.8) is 0 Å². The summed E-state index contributed by atoms with van der Waals surface area (Å²) in [4.78, 5) is 19.9. The number of aromatic nitrogens is 2. The predicted octanol–water partition coefficient (Wildman–Crippen LogP) is 0.674. The summed E-state index contributed by atoms with van der Waals surface area (Å²) in [5.74, 6) is -1.11. The van der Waals surface area contributed by atoms with Crippen molar-refractivity contribution < 1.29 is 22.7 Å². The number of carbonyl (C=O) groups excluding carboxylic acids is 1. The van der Waals surface area contributed by atoms with Crippen LogP contribution in [0.4, 0.5) is 5.95 Å². The van der Waals surface area contributed by atoms with Crippen LogP contribution < -0.4 is 4.72 Å². The molecule has 1 aliphatic rings. The first-order chi connectivity index (χ1) is 10.5. The number of ether oxygens (including phenoxy) is 2. The molecular weight excluding hydrogens is 310 g/mol. The number of nitrogens with one attached hydrogen (secondary N) is 1. The van der Waals surface area contributed by atoms with Crippen LogP contribution in [0, 0.1) is 0 Å². The minimum atomic E-state index is -3.44. The van der Waals surface area contributed by atoms with Gasteiger partial charge in [-0.3, -0.25) is 9.52 Å². The van der Waals surface area contributed by atoms with E-state index in [0.717, 1.165) is 0 Å². The molecule has 0 aliphatic heterocycles. The van der Waals surface area contributed by atoms with Crippen LogP contribution in [-0.2, 0) is 24.3 Å². The molecule has 8 nitrogen and oxygen atoms in total. The first kappa shape index (κ1) is 16.6. The summed E-state index contributed by atoms with van der Waals surface area (Å²) in [6, 6.07) is 1.56. The fourth-order valence-corrected chi connectivity index (χ4v) is 3.25. The van der Waals surface area contributed by atoms with Gasteiger partial charge in [0.2, 0.25) is 16.0 Å².